The van der Waals surface area contributed by atoms with E-state index in [9.17, 15) is 19.2 Å². The summed E-state index contributed by atoms with van der Waals surface area (Å²) in [6, 6.07) is 3.92. The Labute approximate surface area is 143 Å². The number of benzene rings is 1. The molecule has 9 nitrogen and oxygen atoms in total. The molecule has 1 saturated heterocycles. The monoisotopic (exact) mass is 350 g/mol. The molecule has 0 spiro atoms. The Morgan fingerprint density at radius 3 is 2.28 bits per heavy atom. The number of hydrogen-bond acceptors (Lipinski definition) is 7. The van der Waals surface area contributed by atoms with E-state index in [1.54, 1.807) is 0 Å². The molecule has 0 atom stereocenters. The highest BCUT2D eigenvalue weighted by Gasteiger charge is 2.25. The van der Waals surface area contributed by atoms with Crippen LogP contribution in [0.1, 0.15) is 20.7 Å². The number of methoxy groups -OCH3 is 2. The molecule has 9 heteroatoms. The number of ether oxygens (including phenoxy) is 3. The average Bonchev–Trinajstić information content (AvgIpc) is 2.66. The van der Waals surface area contributed by atoms with E-state index < -0.39 is 23.8 Å². The predicted molar refractivity (Wildman–Crippen MR) is 85.1 cm³/mol. The van der Waals surface area contributed by atoms with Crippen molar-refractivity contribution in [2.45, 2.75) is 0 Å². The van der Waals surface area contributed by atoms with Crippen LogP contribution in [-0.2, 0) is 23.8 Å². The van der Waals surface area contributed by atoms with Gasteiger partial charge in [0.1, 0.15) is 0 Å². The van der Waals surface area contributed by atoms with E-state index in [1.807, 2.05) is 0 Å². The maximum absolute atomic E-state index is 12.2. The van der Waals surface area contributed by atoms with Gasteiger partial charge in [0.15, 0.2) is 0 Å². The molecule has 0 saturated carbocycles. The van der Waals surface area contributed by atoms with E-state index in [4.69, 9.17) is 4.74 Å². The molecule has 134 valence electrons. The van der Waals surface area contributed by atoms with Crippen molar-refractivity contribution >= 4 is 29.4 Å². The van der Waals surface area contributed by atoms with Gasteiger partial charge in [-0.05, 0) is 18.2 Å². The van der Waals surface area contributed by atoms with Crippen LogP contribution in [0.15, 0.2) is 18.2 Å². The summed E-state index contributed by atoms with van der Waals surface area (Å²) in [7, 11) is 2.39. The molecule has 1 N–H and O–H groups in total. The van der Waals surface area contributed by atoms with E-state index >= 15 is 0 Å². The third-order valence-electron chi connectivity index (χ3n) is 3.59. The van der Waals surface area contributed by atoms with Crippen LogP contribution in [0, 0.1) is 0 Å². The molecule has 0 aliphatic carbocycles. The standard InChI is InChI=1S/C16H18N2O7/c1-23-15(21)10-3-4-11(16(22)24-2)12(9-10)17-13(19)14(20)18-5-7-25-8-6-18/h3-4,9H,5-8H2,1-2H3,(H,17,19). The Bertz CT molecular complexity index is 696. The van der Waals surface area contributed by atoms with E-state index in [0.717, 1.165) is 0 Å². The summed E-state index contributed by atoms with van der Waals surface area (Å²) in [4.78, 5) is 49.2. The highest BCUT2D eigenvalue weighted by atomic mass is 16.5. The molecular formula is C16H18N2O7. The van der Waals surface area contributed by atoms with E-state index in [-0.39, 0.29) is 16.8 Å². The molecular weight excluding hydrogens is 332 g/mol. The molecule has 2 amide bonds. The fraction of sp³-hybridized carbons (Fsp3) is 0.375. The Kier molecular flexibility index (Phi) is 6.07. The summed E-state index contributed by atoms with van der Waals surface area (Å²) in [6.07, 6.45) is 0. The zero-order chi connectivity index (χ0) is 18.4. The molecule has 1 aromatic rings. The van der Waals surface area contributed by atoms with E-state index in [1.165, 1.54) is 37.3 Å². The topological polar surface area (TPSA) is 111 Å². The number of rotatable bonds is 3. The molecule has 0 aromatic heterocycles. The SMILES string of the molecule is COC(=O)c1ccc(C(=O)OC)c(NC(=O)C(=O)N2CCOCC2)c1. The number of esters is 2. The number of amides is 2. The number of morpholine rings is 1. The van der Waals surface area contributed by atoms with Crippen molar-refractivity contribution in [3.63, 3.8) is 0 Å². The smallest absolute Gasteiger partial charge is 0.339 e. The Morgan fingerprint density at radius 2 is 1.68 bits per heavy atom. The van der Waals surface area contributed by atoms with Crippen molar-refractivity contribution in [3.05, 3.63) is 29.3 Å². The van der Waals surface area contributed by atoms with Crippen molar-refractivity contribution in [1.82, 2.24) is 4.90 Å². The van der Waals surface area contributed by atoms with Crippen LogP contribution in [-0.4, -0.2) is 69.2 Å². The molecule has 1 aliphatic heterocycles. The highest BCUT2D eigenvalue weighted by molar-refractivity contribution is 6.40. The second kappa shape index (κ2) is 8.25. The highest BCUT2D eigenvalue weighted by Crippen LogP contribution is 2.20. The van der Waals surface area contributed by atoms with Crippen LogP contribution < -0.4 is 5.32 Å². The normalized spacial score (nSPS) is 13.8. The maximum atomic E-state index is 12.2. The Morgan fingerprint density at radius 1 is 1.04 bits per heavy atom. The molecule has 1 aliphatic rings. The summed E-state index contributed by atoms with van der Waals surface area (Å²) in [5.74, 6) is -3.03. The predicted octanol–water partition coefficient (Wildman–Crippen LogP) is 0.0571. The summed E-state index contributed by atoms with van der Waals surface area (Å²) < 4.78 is 14.4. The zero-order valence-electron chi connectivity index (χ0n) is 13.9. The first kappa shape index (κ1) is 18.4. The van der Waals surface area contributed by atoms with Gasteiger partial charge in [0, 0.05) is 13.1 Å². The summed E-state index contributed by atoms with van der Waals surface area (Å²) in [5.41, 5.74) is 0.115. The minimum Gasteiger partial charge on any atom is -0.465 e. The third-order valence-corrected chi connectivity index (χ3v) is 3.59. The van der Waals surface area contributed by atoms with Crippen LogP contribution in [0.4, 0.5) is 5.69 Å². The average molecular weight is 350 g/mol. The fourth-order valence-electron chi connectivity index (χ4n) is 2.27. The lowest BCUT2D eigenvalue weighted by molar-refractivity contribution is -0.145. The van der Waals surface area contributed by atoms with Gasteiger partial charge in [0.25, 0.3) is 0 Å². The van der Waals surface area contributed by atoms with Gasteiger partial charge < -0.3 is 24.4 Å². The van der Waals surface area contributed by atoms with Crippen molar-refractivity contribution in [2.24, 2.45) is 0 Å². The van der Waals surface area contributed by atoms with Gasteiger partial charge in [-0.2, -0.15) is 0 Å². The number of nitrogens with zero attached hydrogens (tertiary/aromatic N) is 1. The second-order valence-corrected chi connectivity index (χ2v) is 5.10. The first-order valence-corrected chi connectivity index (χ1v) is 7.46. The van der Waals surface area contributed by atoms with Crippen molar-refractivity contribution in [2.75, 3.05) is 45.8 Å². The number of anilines is 1. The first-order chi connectivity index (χ1) is 12.0. The molecule has 2 rings (SSSR count). The van der Waals surface area contributed by atoms with Crippen LogP contribution >= 0.6 is 0 Å². The van der Waals surface area contributed by atoms with Crippen LogP contribution in [0.25, 0.3) is 0 Å². The third kappa shape index (κ3) is 4.32. The maximum Gasteiger partial charge on any atom is 0.339 e. The Balaban J connectivity index is 2.25. The number of nitrogens with one attached hydrogen (secondary N) is 1. The van der Waals surface area contributed by atoms with E-state index in [2.05, 4.69) is 14.8 Å². The lowest BCUT2D eigenvalue weighted by atomic mass is 10.1. The summed E-state index contributed by atoms with van der Waals surface area (Å²) in [5, 5.41) is 2.36. The molecule has 0 radical (unpaired) electrons. The first-order valence-electron chi connectivity index (χ1n) is 7.46. The van der Waals surface area contributed by atoms with Crippen molar-refractivity contribution < 1.29 is 33.4 Å². The van der Waals surface area contributed by atoms with Gasteiger partial charge in [0.05, 0.1) is 44.2 Å². The van der Waals surface area contributed by atoms with Crippen molar-refractivity contribution in [1.29, 1.82) is 0 Å². The van der Waals surface area contributed by atoms with Crippen LogP contribution in [0.3, 0.4) is 0 Å². The molecule has 0 bridgehead atoms. The van der Waals surface area contributed by atoms with Gasteiger partial charge in [-0.25, -0.2) is 9.59 Å². The molecule has 1 heterocycles. The van der Waals surface area contributed by atoms with E-state index in [0.29, 0.717) is 26.3 Å². The minimum absolute atomic E-state index is 0.0123. The lowest BCUT2D eigenvalue weighted by Crippen LogP contribution is -2.46. The van der Waals surface area contributed by atoms with Gasteiger partial charge in [0.2, 0.25) is 0 Å². The second-order valence-electron chi connectivity index (χ2n) is 5.10. The lowest BCUT2D eigenvalue weighted by Gasteiger charge is -2.26. The van der Waals surface area contributed by atoms with Crippen LogP contribution in [0.5, 0.6) is 0 Å². The van der Waals surface area contributed by atoms with Gasteiger partial charge in [-0.3, -0.25) is 9.59 Å². The van der Waals surface area contributed by atoms with Gasteiger partial charge >= 0.3 is 23.8 Å². The molecule has 0 unspecified atom stereocenters. The summed E-state index contributed by atoms with van der Waals surface area (Å²) >= 11 is 0. The number of carbonyl (C=O) groups excluding carboxylic acids is 4. The number of carbonyl (C=O) groups is 4. The van der Waals surface area contributed by atoms with Crippen LogP contribution in [0.2, 0.25) is 0 Å². The van der Waals surface area contributed by atoms with Gasteiger partial charge in [-0.1, -0.05) is 0 Å². The zero-order valence-corrected chi connectivity index (χ0v) is 13.9. The molecule has 1 aromatic carbocycles. The molecule has 25 heavy (non-hydrogen) atoms. The quantitative estimate of drug-likeness (QED) is 0.606. The minimum atomic E-state index is -0.922. The largest absolute Gasteiger partial charge is 0.465 e. The Hall–Kier alpha value is -2.94. The molecule has 1 fully saturated rings. The van der Waals surface area contributed by atoms with Gasteiger partial charge in [-0.15, -0.1) is 0 Å². The number of hydrogen-bond donors (Lipinski definition) is 1. The van der Waals surface area contributed by atoms with Crippen molar-refractivity contribution in [3.8, 4) is 0 Å². The summed E-state index contributed by atoms with van der Waals surface area (Å²) in [6.45, 7) is 1.31. The fourth-order valence-corrected chi connectivity index (χ4v) is 2.27.